The molecule has 5 heteroatoms. The van der Waals surface area contributed by atoms with Gasteiger partial charge in [-0.05, 0) is 0 Å². The van der Waals surface area contributed by atoms with Gasteiger partial charge in [-0.15, -0.1) is 0 Å². The van der Waals surface area contributed by atoms with Crippen LogP contribution in [0.4, 0.5) is 0 Å². The van der Waals surface area contributed by atoms with Crippen LogP contribution in [0.1, 0.15) is 11.4 Å². The van der Waals surface area contributed by atoms with E-state index in [2.05, 4.69) is 13.9 Å². The predicted molar refractivity (Wildman–Crippen MR) is 44.2 cm³/mol. The average Bonchev–Trinajstić information content (AvgIpc) is 2.50. The van der Waals surface area contributed by atoms with Crippen molar-refractivity contribution in [2.45, 2.75) is 13.0 Å². The van der Waals surface area contributed by atoms with Gasteiger partial charge in [0.25, 0.3) is 0 Å². The summed E-state index contributed by atoms with van der Waals surface area (Å²) in [5.41, 5.74) is 2.46. The minimum atomic E-state index is -0.0236. The molecule has 0 saturated heterocycles. The van der Waals surface area contributed by atoms with E-state index in [9.17, 15) is 0 Å². The quantitative estimate of drug-likeness (QED) is 0.560. The first kappa shape index (κ1) is 7.27. The summed E-state index contributed by atoms with van der Waals surface area (Å²) >= 11 is -0.0236. The van der Waals surface area contributed by atoms with Crippen LogP contribution in [0.2, 0.25) is 0 Å². The zero-order valence-corrected chi connectivity index (χ0v) is 7.40. The number of rotatable bonds is 1. The molecule has 0 saturated carbocycles. The Balaban J connectivity index is 2.24. The maximum absolute atomic E-state index is 5.60. The molecule has 3 nitrogen and oxygen atoms in total. The van der Waals surface area contributed by atoms with Gasteiger partial charge >= 0.3 is 72.1 Å². The van der Waals surface area contributed by atoms with E-state index in [4.69, 9.17) is 6.20 Å². The second-order valence-corrected chi connectivity index (χ2v) is 3.73. The van der Waals surface area contributed by atoms with Crippen molar-refractivity contribution >= 4 is 21.0 Å². The standard InChI is InChI=1S/C6H8N3.Al.B/c1-2-7-3-6-5(1)8-4-9-6;;/h4H,1-3H2,(H,8,9);;/q-1;+1;. The van der Waals surface area contributed by atoms with Gasteiger partial charge < -0.3 is 0 Å². The summed E-state index contributed by atoms with van der Waals surface area (Å²) in [6.45, 7) is 2.03. The zero-order valence-electron chi connectivity index (χ0n) is 6.25. The third-order valence-electron chi connectivity index (χ3n) is 2.02. The van der Waals surface area contributed by atoms with E-state index in [1.54, 1.807) is 6.33 Å². The number of nitrogens with one attached hydrogen (secondary N) is 1. The van der Waals surface area contributed by atoms with Gasteiger partial charge in [0.2, 0.25) is 0 Å². The Morgan fingerprint density at radius 3 is 3.45 bits per heavy atom. The molecule has 1 aliphatic heterocycles. The van der Waals surface area contributed by atoms with E-state index in [1.807, 2.05) is 0 Å². The van der Waals surface area contributed by atoms with Gasteiger partial charge in [0.1, 0.15) is 0 Å². The van der Waals surface area contributed by atoms with Crippen LogP contribution in [-0.4, -0.2) is 41.4 Å². The van der Waals surface area contributed by atoms with Crippen molar-refractivity contribution in [1.82, 2.24) is 13.9 Å². The Hall–Kier alpha value is -0.393. The van der Waals surface area contributed by atoms with E-state index < -0.39 is 0 Å². The van der Waals surface area contributed by atoms with Gasteiger partial charge in [-0.1, -0.05) is 0 Å². The van der Waals surface area contributed by atoms with Crippen molar-refractivity contribution in [1.29, 1.82) is 0 Å². The molecular formula is C6H8AlBN3. The second kappa shape index (κ2) is 2.92. The molecule has 2 rings (SSSR count). The maximum atomic E-state index is 5.60. The third-order valence-corrected chi connectivity index (χ3v) is 2.88. The molecule has 0 spiro atoms. The topological polar surface area (TPSA) is 31.9 Å². The van der Waals surface area contributed by atoms with Crippen molar-refractivity contribution in [2.75, 3.05) is 6.54 Å². The molecule has 1 aliphatic rings. The van der Waals surface area contributed by atoms with Crippen LogP contribution in [0, 0.1) is 0 Å². The average molecular weight is 160 g/mol. The monoisotopic (exact) mass is 160 g/mol. The molecule has 0 aliphatic carbocycles. The van der Waals surface area contributed by atoms with E-state index in [0.717, 1.165) is 19.5 Å². The summed E-state index contributed by atoms with van der Waals surface area (Å²) < 4.78 is 2.28. The molecule has 0 amide bonds. The van der Waals surface area contributed by atoms with Crippen molar-refractivity contribution in [3.63, 3.8) is 0 Å². The summed E-state index contributed by atoms with van der Waals surface area (Å²) in [7, 11) is 0. The summed E-state index contributed by atoms with van der Waals surface area (Å²) in [6.07, 6.45) is 8.41. The number of hydrogen-bond donors (Lipinski definition) is 1. The molecule has 0 fully saturated rings. The van der Waals surface area contributed by atoms with Crippen LogP contribution in [0.25, 0.3) is 0 Å². The molecule has 0 aromatic carbocycles. The first-order valence-electron chi connectivity index (χ1n) is 3.70. The first-order chi connectivity index (χ1) is 5.40. The molecule has 53 valence electrons. The Kier molecular flexibility index (Phi) is 1.93. The van der Waals surface area contributed by atoms with Gasteiger partial charge in [0, 0.05) is 0 Å². The molecule has 1 N–H and O–H groups in total. The Morgan fingerprint density at radius 2 is 2.64 bits per heavy atom. The molecule has 1 radical (unpaired) electrons. The summed E-state index contributed by atoms with van der Waals surface area (Å²) in [5, 5.41) is 0. The third kappa shape index (κ3) is 1.31. The molecular weight excluding hydrogens is 152 g/mol. The zero-order chi connectivity index (χ0) is 7.68. The van der Waals surface area contributed by atoms with Gasteiger partial charge in [-0.25, -0.2) is 0 Å². The van der Waals surface area contributed by atoms with Gasteiger partial charge in [-0.2, -0.15) is 0 Å². The SMILES string of the molecule is [B]=[Al][N]1CCc2nc[nH]c2C1. The molecule has 0 unspecified atom stereocenters. The van der Waals surface area contributed by atoms with Crippen LogP contribution < -0.4 is 0 Å². The number of nitrogens with zero attached hydrogens (tertiary/aromatic N) is 2. The number of H-pyrrole nitrogens is 1. The fourth-order valence-electron chi connectivity index (χ4n) is 1.36. The van der Waals surface area contributed by atoms with Crippen molar-refractivity contribution in [2.24, 2.45) is 0 Å². The number of fused-ring (bicyclic) bond motifs is 1. The molecule has 2 heterocycles. The first-order valence-corrected chi connectivity index (χ1v) is 4.88. The predicted octanol–water partition coefficient (Wildman–Crippen LogP) is -0.530. The minimum absolute atomic E-state index is 0.0236. The Bertz CT molecular complexity index is 273. The van der Waals surface area contributed by atoms with Gasteiger partial charge in [-0.3, -0.25) is 0 Å². The van der Waals surface area contributed by atoms with Crippen LogP contribution in [0.5, 0.6) is 0 Å². The summed E-state index contributed by atoms with van der Waals surface area (Å²) in [5.74, 6) is 0. The number of hydrogen-bond acceptors (Lipinski definition) is 2. The van der Waals surface area contributed by atoms with E-state index >= 15 is 0 Å². The second-order valence-electron chi connectivity index (χ2n) is 2.70. The van der Waals surface area contributed by atoms with Gasteiger partial charge in [0.15, 0.2) is 0 Å². The van der Waals surface area contributed by atoms with Crippen LogP contribution in [-0.2, 0) is 13.0 Å². The van der Waals surface area contributed by atoms with Crippen LogP contribution >= 0.6 is 0 Å². The number of aromatic amines is 1. The fourth-order valence-corrected chi connectivity index (χ4v) is 1.93. The fraction of sp³-hybridized carbons (Fsp3) is 0.500. The molecule has 0 bridgehead atoms. The van der Waals surface area contributed by atoms with Crippen molar-refractivity contribution < 1.29 is 0 Å². The molecule has 1 aromatic rings. The normalized spacial score (nSPS) is 15.7. The number of imidazole rings is 1. The summed E-state index contributed by atoms with van der Waals surface area (Å²) in [4.78, 5) is 7.34. The van der Waals surface area contributed by atoms with E-state index in [0.29, 0.717) is 0 Å². The molecule has 0 atom stereocenters. The van der Waals surface area contributed by atoms with Crippen LogP contribution in [0.3, 0.4) is 0 Å². The van der Waals surface area contributed by atoms with Crippen molar-refractivity contribution in [3.8, 4) is 0 Å². The van der Waals surface area contributed by atoms with E-state index in [-0.39, 0.29) is 14.8 Å². The number of aromatic nitrogens is 2. The Labute approximate surface area is 72.5 Å². The van der Waals surface area contributed by atoms with Gasteiger partial charge in [0.05, 0.1) is 0 Å². The van der Waals surface area contributed by atoms with E-state index in [1.165, 1.54) is 11.4 Å². The van der Waals surface area contributed by atoms with Crippen molar-refractivity contribution in [3.05, 3.63) is 17.7 Å². The summed E-state index contributed by atoms with van der Waals surface area (Å²) in [6, 6.07) is 0. The Morgan fingerprint density at radius 1 is 1.73 bits per heavy atom. The molecule has 11 heavy (non-hydrogen) atoms. The molecule has 1 aromatic heterocycles. The van der Waals surface area contributed by atoms with Crippen LogP contribution in [0.15, 0.2) is 6.33 Å².